The van der Waals surface area contributed by atoms with E-state index in [1.165, 1.54) is 12.1 Å². The van der Waals surface area contributed by atoms with Crippen LogP contribution in [0.1, 0.15) is 31.2 Å². The molecule has 1 unspecified atom stereocenters. The van der Waals surface area contributed by atoms with Crippen molar-refractivity contribution in [3.05, 3.63) is 29.6 Å². The van der Waals surface area contributed by atoms with Gasteiger partial charge in [0.2, 0.25) is 0 Å². The second kappa shape index (κ2) is 4.77. The van der Waals surface area contributed by atoms with Crippen molar-refractivity contribution in [3.63, 3.8) is 0 Å². The Kier molecular flexibility index (Phi) is 3.66. The van der Waals surface area contributed by atoms with Crippen LogP contribution in [0.4, 0.5) is 10.1 Å². The van der Waals surface area contributed by atoms with Crippen molar-refractivity contribution in [2.24, 2.45) is 0 Å². The van der Waals surface area contributed by atoms with Crippen LogP contribution in [0.2, 0.25) is 0 Å². The summed E-state index contributed by atoms with van der Waals surface area (Å²) in [6.07, 6.45) is 1.18. The molecule has 0 fully saturated rings. The lowest BCUT2D eigenvalue weighted by molar-refractivity contribution is -0.139. The normalized spacial score (nSPS) is 12.4. The number of para-hydroxylation sites is 1. The molecule has 15 heavy (non-hydrogen) atoms. The van der Waals surface area contributed by atoms with Gasteiger partial charge in [0.25, 0.3) is 0 Å². The van der Waals surface area contributed by atoms with Crippen molar-refractivity contribution in [1.82, 2.24) is 0 Å². The maximum atomic E-state index is 13.1. The van der Waals surface area contributed by atoms with Crippen LogP contribution in [0.5, 0.6) is 0 Å². The topological polar surface area (TPSA) is 63.3 Å². The molecule has 1 aromatic carbocycles. The summed E-state index contributed by atoms with van der Waals surface area (Å²) in [5.41, 5.74) is 5.82. The number of nitrogen functional groups attached to an aromatic ring is 1. The highest BCUT2D eigenvalue weighted by Gasteiger charge is 2.22. The third-order valence-electron chi connectivity index (χ3n) is 2.34. The summed E-state index contributed by atoms with van der Waals surface area (Å²) in [5.74, 6) is -2.24. The number of hydrogen-bond acceptors (Lipinski definition) is 2. The second-order valence-electron chi connectivity index (χ2n) is 3.42. The molecule has 0 aliphatic heterocycles. The maximum absolute atomic E-state index is 13.1. The largest absolute Gasteiger partial charge is 0.481 e. The van der Waals surface area contributed by atoms with Crippen LogP contribution < -0.4 is 5.73 Å². The Morgan fingerprint density at radius 3 is 2.80 bits per heavy atom. The Bertz CT molecular complexity index is 366. The van der Waals surface area contributed by atoms with Gasteiger partial charge in [-0.1, -0.05) is 25.5 Å². The number of hydrogen-bond donors (Lipinski definition) is 2. The van der Waals surface area contributed by atoms with Crippen molar-refractivity contribution >= 4 is 11.7 Å². The van der Waals surface area contributed by atoms with E-state index in [0.29, 0.717) is 18.4 Å². The van der Waals surface area contributed by atoms with E-state index in [-0.39, 0.29) is 5.69 Å². The number of benzene rings is 1. The fourth-order valence-electron chi connectivity index (χ4n) is 1.56. The predicted molar refractivity (Wildman–Crippen MR) is 56.1 cm³/mol. The number of anilines is 1. The average molecular weight is 211 g/mol. The van der Waals surface area contributed by atoms with Gasteiger partial charge in [-0.15, -0.1) is 0 Å². The van der Waals surface area contributed by atoms with E-state index in [1.807, 2.05) is 6.92 Å². The molecule has 0 bridgehead atoms. The smallest absolute Gasteiger partial charge is 0.311 e. The van der Waals surface area contributed by atoms with Crippen molar-refractivity contribution in [2.75, 3.05) is 5.73 Å². The first-order valence-electron chi connectivity index (χ1n) is 4.84. The summed E-state index contributed by atoms with van der Waals surface area (Å²) in [5, 5.41) is 9.00. The maximum Gasteiger partial charge on any atom is 0.311 e. The van der Waals surface area contributed by atoms with E-state index in [0.717, 1.165) is 0 Å². The number of nitrogens with two attached hydrogens (primary N) is 1. The summed E-state index contributed by atoms with van der Waals surface area (Å²) in [7, 11) is 0. The fourth-order valence-corrected chi connectivity index (χ4v) is 1.56. The zero-order chi connectivity index (χ0) is 11.4. The Morgan fingerprint density at radius 1 is 1.60 bits per heavy atom. The Balaban J connectivity index is 3.11. The fraction of sp³-hybridized carbons (Fsp3) is 0.364. The number of carbonyl (C=O) groups is 1. The van der Waals surface area contributed by atoms with E-state index < -0.39 is 17.7 Å². The Hall–Kier alpha value is -1.58. The highest BCUT2D eigenvalue weighted by atomic mass is 19.1. The SMILES string of the molecule is CCCC(C(=O)O)c1cccc(F)c1N. The van der Waals surface area contributed by atoms with Gasteiger partial charge in [0.1, 0.15) is 5.82 Å². The van der Waals surface area contributed by atoms with Gasteiger partial charge in [0.05, 0.1) is 11.6 Å². The van der Waals surface area contributed by atoms with Gasteiger partial charge in [-0.2, -0.15) is 0 Å². The molecule has 4 heteroatoms. The lowest BCUT2D eigenvalue weighted by Crippen LogP contribution is -2.14. The zero-order valence-electron chi connectivity index (χ0n) is 8.53. The number of carboxylic acid groups (broad SMARTS) is 1. The summed E-state index contributed by atoms with van der Waals surface area (Å²) >= 11 is 0. The lowest BCUT2D eigenvalue weighted by atomic mass is 9.93. The average Bonchev–Trinajstić information content (AvgIpc) is 2.19. The molecular formula is C11H14FNO2. The zero-order valence-corrected chi connectivity index (χ0v) is 8.53. The van der Waals surface area contributed by atoms with Crippen LogP contribution >= 0.6 is 0 Å². The first kappa shape index (κ1) is 11.5. The molecule has 3 nitrogen and oxygen atoms in total. The summed E-state index contributed by atoms with van der Waals surface area (Å²) in [6.45, 7) is 1.88. The molecule has 0 amide bonds. The molecule has 0 heterocycles. The van der Waals surface area contributed by atoms with E-state index in [4.69, 9.17) is 10.8 Å². The summed E-state index contributed by atoms with van der Waals surface area (Å²) in [6, 6.07) is 4.27. The van der Waals surface area contributed by atoms with E-state index in [9.17, 15) is 9.18 Å². The number of rotatable bonds is 4. The standard InChI is InChI=1S/C11H14FNO2/c1-2-4-8(11(14)15)7-5-3-6-9(12)10(7)13/h3,5-6,8H,2,4,13H2,1H3,(H,14,15). The predicted octanol–water partition coefficient (Wildman–Crippen LogP) is 2.38. The molecule has 0 radical (unpaired) electrons. The van der Waals surface area contributed by atoms with Crippen molar-refractivity contribution < 1.29 is 14.3 Å². The minimum atomic E-state index is -0.964. The molecule has 0 saturated heterocycles. The van der Waals surface area contributed by atoms with Crippen LogP contribution in [0.3, 0.4) is 0 Å². The third-order valence-corrected chi connectivity index (χ3v) is 2.34. The molecule has 1 atom stereocenters. The molecular weight excluding hydrogens is 197 g/mol. The lowest BCUT2D eigenvalue weighted by Gasteiger charge is -2.14. The highest BCUT2D eigenvalue weighted by Crippen LogP contribution is 2.28. The molecule has 1 aromatic rings. The Labute approximate surface area is 87.7 Å². The van der Waals surface area contributed by atoms with Crippen LogP contribution in [0.25, 0.3) is 0 Å². The van der Waals surface area contributed by atoms with Crippen LogP contribution in [0, 0.1) is 5.82 Å². The molecule has 0 aliphatic rings. The van der Waals surface area contributed by atoms with Crippen molar-refractivity contribution in [1.29, 1.82) is 0 Å². The summed E-state index contributed by atoms with van der Waals surface area (Å²) in [4.78, 5) is 11.0. The molecule has 3 N–H and O–H groups in total. The minimum Gasteiger partial charge on any atom is -0.481 e. The van der Waals surface area contributed by atoms with E-state index >= 15 is 0 Å². The highest BCUT2D eigenvalue weighted by molar-refractivity contribution is 5.78. The van der Waals surface area contributed by atoms with Crippen LogP contribution in [0.15, 0.2) is 18.2 Å². The first-order chi connectivity index (χ1) is 7.07. The van der Waals surface area contributed by atoms with Crippen LogP contribution in [-0.2, 0) is 4.79 Å². The molecule has 82 valence electrons. The molecule has 0 aliphatic carbocycles. The van der Waals surface area contributed by atoms with Gasteiger partial charge in [-0.05, 0) is 18.1 Å². The number of carboxylic acids is 1. The van der Waals surface area contributed by atoms with E-state index in [1.54, 1.807) is 6.07 Å². The second-order valence-corrected chi connectivity index (χ2v) is 3.42. The summed E-state index contributed by atoms with van der Waals surface area (Å²) < 4.78 is 13.1. The quantitative estimate of drug-likeness (QED) is 0.751. The molecule has 0 saturated carbocycles. The van der Waals surface area contributed by atoms with Crippen molar-refractivity contribution in [3.8, 4) is 0 Å². The minimum absolute atomic E-state index is 0.0571. The van der Waals surface area contributed by atoms with Gasteiger partial charge < -0.3 is 10.8 Å². The van der Waals surface area contributed by atoms with Gasteiger partial charge in [-0.25, -0.2) is 4.39 Å². The molecule has 0 aromatic heterocycles. The van der Waals surface area contributed by atoms with E-state index in [2.05, 4.69) is 0 Å². The third kappa shape index (κ3) is 2.46. The first-order valence-corrected chi connectivity index (χ1v) is 4.84. The Morgan fingerprint density at radius 2 is 2.27 bits per heavy atom. The molecule has 0 spiro atoms. The van der Waals surface area contributed by atoms with Gasteiger partial charge in [0.15, 0.2) is 0 Å². The molecule has 1 rings (SSSR count). The number of halogens is 1. The van der Waals surface area contributed by atoms with Crippen LogP contribution in [-0.4, -0.2) is 11.1 Å². The van der Waals surface area contributed by atoms with Gasteiger partial charge >= 0.3 is 5.97 Å². The number of aliphatic carboxylic acids is 1. The monoisotopic (exact) mass is 211 g/mol. The van der Waals surface area contributed by atoms with Gasteiger partial charge in [0, 0.05) is 0 Å². The van der Waals surface area contributed by atoms with Gasteiger partial charge in [-0.3, -0.25) is 4.79 Å². The van der Waals surface area contributed by atoms with Crippen molar-refractivity contribution in [2.45, 2.75) is 25.7 Å².